The number of hydrogen-bond acceptors (Lipinski definition) is 1. The van der Waals surface area contributed by atoms with E-state index in [9.17, 15) is 18.0 Å². The summed E-state index contributed by atoms with van der Waals surface area (Å²) in [5.74, 6) is -2.78. The smallest absolute Gasteiger partial charge is 0.286 e. The van der Waals surface area contributed by atoms with Crippen LogP contribution in [0.4, 0.5) is 13.2 Å². The maximum absolute atomic E-state index is 13.2. The standard InChI is InChI=1S/C9H5BrClF3O/c1-4-2-5(10)7(6(12)3-4)8(15)9(11,13)14/h2-3H,1H3. The Bertz CT molecular complexity index is 391. The molecule has 0 bridgehead atoms. The monoisotopic (exact) mass is 300 g/mol. The third kappa shape index (κ3) is 2.72. The Hall–Kier alpha value is -0.550. The zero-order valence-electron chi connectivity index (χ0n) is 7.45. The van der Waals surface area contributed by atoms with E-state index in [1.54, 1.807) is 6.92 Å². The molecule has 0 saturated carbocycles. The van der Waals surface area contributed by atoms with E-state index in [0.717, 1.165) is 6.07 Å². The number of aryl methyl sites for hydroxylation is 1. The van der Waals surface area contributed by atoms with Gasteiger partial charge in [-0.15, -0.1) is 0 Å². The minimum Gasteiger partial charge on any atom is -0.286 e. The first-order valence-corrected chi connectivity index (χ1v) is 4.97. The molecule has 1 nitrogen and oxygen atoms in total. The van der Waals surface area contributed by atoms with Crippen molar-refractivity contribution in [2.24, 2.45) is 0 Å². The fraction of sp³-hybridized carbons (Fsp3) is 0.222. The van der Waals surface area contributed by atoms with Crippen LogP contribution in [-0.2, 0) is 0 Å². The van der Waals surface area contributed by atoms with Crippen molar-refractivity contribution in [3.8, 4) is 0 Å². The first kappa shape index (κ1) is 12.5. The Morgan fingerprint density at radius 1 is 1.47 bits per heavy atom. The molecule has 0 radical (unpaired) electrons. The molecular weight excluding hydrogens is 296 g/mol. The van der Waals surface area contributed by atoms with Crippen molar-refractivity contribution < 1.29 is 18.0 Å². The largest absolute Gasteiger partial charge is 0.385 e. The summed E-state index contributed by atoms with van der Waals surface area (Å²) in [4.78, 5) is 11.1. The molecule has 82 valence electrons. The van der Waals surface area contributed by atoms with Crippen molar-refractivity contribution >= 4 is 33.3 Å². The van der Waals surface area contributed by atoms with Crippen LogP contribution >= 0.6 is 27.5 Å². The first-order valence-electron chi connectivity index (χ1n) is 3.80. The third-order valence-electron chi connectivity index (χ3n) is 1.67. The summed E-state index contributed by atoms with van der Waals surface area (Å²) in [7, 11) is 0. The molecule has 0 aromatic heterocycles. The molecule has 0 unspecified atom stereocenters. The van der Waals surface area contributed by atoms with Crippen molar-refractivity contribution in [3.63, 3.8) is 0 Å². The number of benzene rings is 1. The van der Waals surface area contributed by atoms with Crippen molar-refractivity contribution in [1.29, 1.82) is 0 Å². The zero-order chi connectivity index (χ0) is 11.8. The molecular formula is C9H5BrClF3O. The lowest BCUT2D eigenvalue weighted by Crippen LogP contribution is -2.23. The Labute approximate surface area is 97.4 Å². The highest BCUT2D eigenvalue weighted by Crippen LogP contribution is 2.30. The number of hydrogen-bond donors (Lipinski definition) is 0. The van der Waals surface area contributed by atoms with Crippen LogP contribution in [0.25, 0.3) is 0 Å². The van der Waals surface area contributed by atoms with Crippen LogP contribution < -0.4 is 0 Å². The van der Waals surface area contributed by atoms with Gasteiger partial charge >= 0.3 is 5.38 Å². The maximum atomic E-state index is 13.2. The van der Waals surface area contributed by atoms with Gasteiger partial charge in [0.05, 0.1) is 5.56 Å². The molecule has 0 atom stereocenters. The summed E-state index contributed by atoms with van der Waals surface area (Å²) in [6, 6.07) is 2.35. The van der Waals surface area contributed by atoms with Gasteiger partial charge in [0.15, 0.2) is 0 Å². The number of alkyl halides is 3. The second kappa shape index (κ2) is 4.14. The van der Waals surface area contributed by atoms with E-state index in [2.05, 4.69) is 27.5 Å². The molecule has 1 aromatic rings. The summed E-state index contributed by atoms with van der Waals surface area (Å²) in [5.41, 5.74) is -0.227. The molecule has 0 saturated heterocycles. The lowest BCUT2D eigenvalue weighted by Gasteiger charge is -2.09. The van der Waals surface area contributed by atoms with Crippen molar-refractivity contribution in [1.82, 2.24) is 0 Å². The van der Waals surface area contributed by atoms with Crippen molar-refractivity contribution in [2.75, 3.05) is 0 Å². The average molecular weight is 301 g/mol. The van der Waals surface area contributed by atoms with Gasteiger partial charge in [0.1, 0.15) is 5.82 Å². The summed E-state index contributed by atoms with van der Waals surface area (Å²) in [6.45, 7) is 1.57. The molecule has 0 fully saturated rings. The van der Waals surface area contributed by atoms with E-state index in [1.807, 2.05) is 0 Å². The van der Waals surface area contributed by atoms with Gasteiger partial charge in [-0.25, -0.2) is 4.39 Å². The molecule has 0 spiro atoms. The summed E-state index contributed by atoms with van der Waals surface area (Å²) in [5, 5.41) is -4.10. The zero-order valence-corrected chi connectivity index (χ0v) is 9.79. The fourth-order valence-electron chi connectivity index (χ4n) is 1.06. The number of rotatable bonds is 2. The maximum Gasteiger partial charge on any atom is 0.385 e. The first-order chi connectivity index (χ1) is 6.73. The summed E-state index contributed by atoms with van der Waals surface area (Å²) in [6.07, 6.45) is 0. The van der Waals surface area contributed by atoms with Crippen LogP contribution in [0.5, 0.6) is 0 Å². The predicted molar refractivity (Wildman–Crippen MR) is 54.0 cm³/mol. The van der Waals surface area contributed by atoms with E-state index in [0.29, 0.717) is 5.56 Å². The Morgan fingerprint density at radius 2 is 2.00 bits per heavy atom. The minimum absolute atomic E-state index is 0.0367. The van der Waals surface area contributed by atoms with Crippen LogP contribution in [0.15, 0.2) is 16.6 Å². The number of Topliss-reactive ketones (excluding diaryl/α,β-unsaturated/α-hetero) is 1. The lowest BCUT2D eigenvalue weighted by atomic mass is 10.1. The van der Waals surface area contributed by atoms with Gasteiger partial charge in [0.25, 0.3) is 5.78 Å². The van der Waals surface area contributed by atoms with E-state index >= 15 is 0 Å². The normalized spacial score (nSPS) is 11.6. The molecule has 0 N–H and O–H groups in total. The second-order valence-electron chi connectivity index (χ2n) is 2.93. The van der Waals surface area contributed by atoms with E-state index in [4.69, 9.17) is 0 Å². The Morgan fingerprint density at radius 3 is 2.40 bits per heavy atom. The van der Waals surface area contributed by atoms with E-state index < -0.39 is 22.5 Å². The van der Waals surface area contributed by atoms with Crippen molar-refractivity contribution in [2.45, 2.75) is 12.3 Å². The highest BCUT2D eigenvalue weighted by atomic mass is 79.9. The van der Waals surface area contributed by atoms with Gasteiger partial charge in [0.2, 0.25) is 0 Å². The molecule has 0 aliphatic rings. The van der Waals surface area contributed by atoms with Gasteiger partial charge in [-0.3, -0.25) is 4.79 Å². The quantitative estimate of drug-likeness (QED) is 0.598. The topological polar surface area (TPSA) is 17.1 Å². The molecule has 0 aliphatic carbocycles. The lowest BCUT2D eigenvalue weighted by molar-refractivity contribution is 0.0530. The van der Waals surface area contributed by atoms with Crippen LogP contribution in [0.1, 0.15) is 15.9 Å². The van der Waals surface area contributed by atoms with Gasteiger partial charge in [-0.1, -0.05) is 0 Å². The molecule has 0 heterocycles. The Balaban J connectivity index is 3.33. The molecule has 1 rings (SSSR count). The summed E-state index contributed by atoms with van der Waals surface area (Å²) < 4.78 is 38.2. The number of carbonyl (C=O) groups is 1. The average Bonchev–Trinajstić information content (AvgIpc) is 1.99. The van der Waals surface area contributed by atoms with Gasteiger partial charge in [-0.05, 0) is 52.2 Å². The highest BCUT2D eigenvalue weighted by molar-refractivity contribution is 9.10. The Kier molecular flexibility index (Phi) is 3.45. The second-order valence-corrected chi connectivity index (χ2v) is 4.26. The third-order valence-corrected chi connectivity index (χ3v) is 2.47. The molecule has 0 amide bonds. The van der Waals surface area contributed by atoms with Crippen molar-refractivity contribution in [3.05, 3.63) is 33.5 Å². The number of halogens is 5. The van der Waals surface area contributed by atoms with Crippen LogP contribution in [0.3, 0.4) is 0 Å². The van der Waals surface area contributed by atoms with Crippen LogP contribution in [-0.4, -0.2) is 11.2 Å². The minimum atomic E-state index is -4.10. The van der Waals surface area contributed by atoms with E-state index in [-0.39, 0.29) is 4.47 Å². The van der Waals surface area contributed by atoms with Gasteiger partial charge in [0, 0.05) is 4.47 Å². The van der Waals surface area contributed by atoms with Gasteiger partial charge < -0.3 is 0 Å². The highest BCUT2D eigenvalue weighted by Gasteiger charge is 2.39. The van der Waals surface area contributed by atoms with Gasteiger partial charge in [-0.2, -0.15) is 8.78 Å². The number of ketones is 1. The summed E-state index contributed by atoms with van der Waals surface area (Å²) >= 11 is 7.37. The molecule has 0 aliphatic heterocycles. The fourth-order valence-corrected chi connectivity index (χ4v) is 1.88. The predicted octanol–water partition coefficient (Wildman–Crippen LogP) is 3.91. The number of carbonyl (C=O) groups excluding carboxylic acids is 1. The molecule has 15 heavy (non-hydrogen) atoms. The van der Waals surface area contributed by atoms with Crippen LogP contribution in [0, 0.1) is 12.7 Å². The molecule has 1 aromatic carbocycles. The van der Waals surface area contributed by atoms with Crippen LogP contribution in [0.2, 0.25) is 0 Å². The molecule has 6 heteroatoms. The van der Waals surface area contributed by atoms with E-state index in [1.165, 1.54) is 6.07 Å². The SMILES string of the molecule is Cc1cc(F)c(C(=O)C(F)(F)Cl)c(Br)c1.